The van der Waals surface area contributed by atoms with Crippen molar-refractivity contribution in [1.29, 1.82) is 0 Å². The second-order valence-corrected chi connectivity index (χ2v) is 8.33. The minimum Gasteiger partial charge on any atom is -0.374 e. The van der Waals surface area contributed by atoms with E-state index in [-0.39, 0.29) is 23.8 Å². The molecule has 152 valence electrons. The van der Waals surface area contributed by atoms with Gasteiger partial charge in [0, 0.05) is 51.1 Å². The number of carbonyl (C=O) groups excluding carboxylic acids is 2. The number of amides is 2. The van der Waals surface area contributed by atoms with Crippen molar-refractivity contribution in [2.75, 3.05) is 39.3 Å². The van der Waals surface area contributed by atoms with Gasteiger partial charge in [0.1, 0.15) is 0 Å². The third-order valence-corrected chi connectivity index (χ3v) is 6.08. The van der Waals surface area contributed by atoms with Gasteiger partial charge in [0.25, 0.3) is 0 Å². The molecule has 3 aliphatic rings. The molecule has 6 heteroatoms. The number of hydrogen-bond acceptors (Lipinski definition) is 4. The molecule has 2 heterocycles. The Bertz CT molecular complexity index is 669. The molecule has 0 spiro atoms. The molecule has 1 aliphatic carbocycles. The standard InChI is InChI=1S/C22H31N3O3/c26-21(18-8-10-25(11-9-18)22(27)19-6-7-19)23-14-20-16-24(12-13-28-20)15-17-4-2-1-3-5-17/h1-5,18-20H,6-16H2,(H,23,26). The third-order valence-electron chi connectivity index (χ3n) is 6.08. The SMILES string of the molecule is O=C(NCC1CN(Cc2ccccc2)CCO1)C1CCN(C(=O)C2CC2)CC1. The maximum atomic E-state index is 12.6. The molecule has 6 nitrogen and oxygen atoms in total. The second-order valence-electron chi connectivity index (χ2n) is 8.33. The van der Waals surface area contributed by atoms with E-state index in [1.807, 2.05) is 11.0 Å². The van der Waals surface area contributed by atoms with Crippen LogP contribution in [0.15, 0.2) is 30.3 Å². The molecule has 1 saturated carbocycles. The molecule has 0 bridgehead atoms. The lowest BCUT2D eigenvalue weighted by atomic mass is 9.95. The van der Waals surface area contributed by atoms with Crippen LogP contribution in [0.2, 0.25) is 0 Å². The van der Waals surface area contributed by atoms with E-state index in [1.165, 1.54) is 5.56 Å². The number of likely N-dealkylation sites (tertiary alicyclic amines) is 1. The monoisotopic (exact) mass is 385 g/mol. The van der Waals surface area contributed by atoms with Gasteiger partial charge in [-0.1, -0.05) is 30.3 Å². The number of piperidine rings is 1. The van der Waals surface area contributed by atoms with Crippen molar-refractivity contribution in [2.24, 2.45) is 11.8 Å². The van der Waals surface area contributed by atoms with Crippen molar-refractivity contribution >= 4 is 11.8 Å². The van der Waals surface area contributed by atoms with Crippen LogP contribution < -0.4 is 5.32 Å². The van der Waals surface area contributed by atoms with Gasteiger partial charge < -0.3 is 15.0 Å². The minimum atomic E-state index is 0.0206. The lowest BCUT2D eigenvalue weighted by Crippen LogP contribution is -2.49. The fourth-order valence-electron chi connectivity index (χ4n) is 4.20. The van der Waals surface area contributed by atoms with Crippen molar-refractivity contribution in [3.63, 3.8) is 0 Å². The van der Waals surface area contributed by atoms with E-state index in [1.54, 1.807) is 0 Å². The molecule has 0 radical (unpaired) electrons. The number of morpholine rings is 1. The maximum absolute atomic E-state index is 12.6. The molecule has 28 heavy (non-hydrogen) atoms. The lowest BCUT2D eigenvalue weighted by Gasteiger charge is -2.34. The summed E-state index contributed by atoms with van der Waals surface area (Å²) in [5, 5.41) is 3.09. The zero-order valence-electron chi connectivity index (χ0n) is 16.5. The Morgan fingerprint density at radius 2 is 1.75 bits per heavy atom. The number of hydrogen-bond donors (Lipinski definition) is 1. The topological polar surface area (TPSA) is 61.9 Å². The largest absolute Gasteiger partial charge is 0.374 e. The number of ether oxygens (including phenoxy) is 1. The summed E-state index contributed by atoms with van der Waals surface area (Å²) < 4.78 is 5.86. The molecule has 1 unspecified atom stereocenters. The number of carbonyl (C=O) groups is 2. The maximum Gasteiger partial charge on any atom is 0.225 e. The summed E-state index contributed by atoms with van der Waals surface area (Å²) in [6.45, 7) is 5.38. The fourth-order valence-corrected chi connectivity index (χ4v) is 4.20. The molecule has 2 aliphatic heterocycles. The lowest BCUT2D eigenvalue weighted by molar-refractivity contribution is -0.136. The zero-order chi connectivity index (χ0) is 19.3. The number of rotatable bonds is 6. The molecule has 1 atom stereocenters. The molecule has 2 saturated heterocycles. The summed E-state index contributed by atoms with van der Waals surface area (Å²) in [6.07, 6.45) is 3.67. The highest BCUT2D eigenvalue weighted by Gasteiger charge is 2.36. The fraction of sp³-hybridized carbons (Fsp3) is 0.636. The number of nitrogens with zero attached hydrogens (tertiary/aromatic N) is 2. The highest BCUT2D eigenvalue weighted by Crippen LogP contribution is 2.32. The van der Waals surface area contributed by atoms with Crippen LogP contribution in [0.4, 0.5) is 0 Å². The van der Waals surface area contributed by atoms with Gasteiger partial charge in [-0.05, 0) is 31.2 Å². The van der Waals surface area contributed by atoms with Gasteiger partial charge in [0.05, 0.1) is 12.7 Å². The van der Waals surface area contributed by atoms with Crippen LogP contribution >= 0.6 is 0 Å². The van der Waals surface area contributed by atoms with Crippen LogP contribution in [0.5, 0.6) is 0 Å². The Hall–Kier alpha value is -1.92. The van der Waals surface area contributed by atoms with Crippen LogP contribution in [0.25, 0.3) is 0 Å². The van der Waals surface area contributed by atoms with E-state index in [2.05, 4.69) is 34.5 Å². The molecule has 0 aromatic heterocycles. The highest BCUT2D eigenvalue weighted by molar-refractivity contribution is 5.82. The second kappa shape index (κ2) is 9.05. The minimum absolute atomic E-state index is 0.0206. The first kappa shape index (κ1) is 19.4. The number of benzene rings is 1. The van der Waals surface area contributed by atoms with Crippen molar-refractivity contribution in [3.05, 3.63) is 35.9 Å². The van der Waals surface area contributed by atoms with Gasteiger partial charge in [-0.3, -0.25) is 14.5 Å². The molecular formula is C22H31N3O3. The van der Waals surface area contributed by atoms with E-state index >= 15 is 0 Å². The van der Waals surface area contributed by atoms with Gasteiger partial charge in [-0.15, -0.1) is 0 Å². The average Bonchev–Trinajstić information content (AvgIpc) is 3.58. The highest BCUT2D eigenvalue weighted by atomic mass is 16.5. The van der Waals surface area contributed by atoms with Crippen molar-refractivity contribution in [1.82, 2.24) is 15.1 Å². The molecular weight excluding hydrogens is 354 g/mol. The van der Waals surface area contributed by atoms with Crippen LogP contribution in [0.3, 0.4) is 0 Å². The quantitative estimate of drug-likeness (QED) is 0.809. The average molecular weight is 386 g/mol. The van der Waals surface area contributed by atoms with E-state index in [4.69, 9.17) is 4.74 Å². The first-order valence-corrected chi connectivity index (χ1v) is 10.6. The first-order chi connectivity index (χ1) is 13.7. The summed E-state index contributed by atoms with van der Waals surface area (Å²) in [7, 11) is 0. The Labute approximate surface area is 167 Å². The van der Waals surface area contributed by atoms with Crippen LogP contribution in [0.1, 0.15) is 31.2 Å². The number of nitrogens with one attached hydrogen (secondary N) is 1. The van der Waals surface area contributed by atoms with Crippen LogP contribution in [-0.4, -0.2) is 67.0 Å². The molecule has 1 aromatic rings. The molecule has 1 aromatic carbocycles. The predicted octanol–water partition coefficient (Wildman–Crippen LogP) is 1.65. The van der Waals surface area contributed by atoms with Gasteiger partial charge in [0.2, 0.25) is 11.8 Å². The zero-order valence-corrected chi connectivity index (χ0v) is 16.5. The third kappa shape index (κ3) is 5.11. The van der Waals surface area contributed by atoms with Crippen molar-refractivity contribution < 1.29 is 14.3 Å². The van der Waals surface area contributed by atoms with Gasteiger partial charge in [-0.2, -0.15) is 0 Å². The van der Waals surface area contributed by atoms with E-state index in [0.717, 1.165) is 58.4 Å². The summed E-state index contributed by atoms with van der Waals surface area (Å²) in [6, 6.07) is 10.5. The van der Waals surface area contributed by atoms with Crippen LogP contribution in [-0.2, 0) is 20.9 Å². The Balaban J connectivity index is 1.18. The van der Waals surface area contributed by atoms with Gasteiger partial charge in [-0.25, -0.2) is 0 Å². The van der Waals surface area contributed by atoms with E-state index in [0.29, 0.717) is 19.1 Å². The predicted molar refractivity (Wildman–Crippen MR) is 106 cm³/mol. The van der Waals surface area contributed by atoms with Gasteiger partial charge >= 0.3 is 0 Å². The Morgan fingerprint density at radius 3 is 2.46 bits per heavy atom. The smallest absolute Gasteiger partial charge is 0.225 e. The van der Waals surface area contributed by atoms with Gasteiger partial charge in [0.15, 0.2) is 0 Å². The summed E-state index contributed by atoms with van der Waals surface area (Å²) >= 11 is 0. The van der Waals surface area contributed by atoms with Crippen molar-refractivity contribution in [3.8, 4) is 0 Å². The molecule has 2 amide bonds. The Kier molecular flexibility index (Phi) is 6.27. The summed E-state index contributed by atoms with van der Waals surface area (Å²) in [5.74, 6) is 0.704. The summed E-state index contributed by atoms with van der Waals surface area (Å²) in [4.78, 5) is 29.0. The van der Waals surface area contributed by atoms with Crippen LogP contribution in [0, 0.1) is 11.8 Å². The molecule has 1 N–H and O–H groups in total. The molecule has 4 rings (SSSR count). The summed E-state index contributed by atoms with van der Waals surface area (Å²) in [5.41, 5.74) is 1.31. The molecule has 3 fully saturated rings. The first-order valence-electron chi connectivity index (χ1n) is 10.6. The van der Waals surface area contributed by atoms with E-state index in [9.17, 15) is 9.59 Å². The van der Waals surface area contributed by atoms with E-state index < -0.39 is 0 Å². The Morgan fingerprint density at radius 1 is 1.00 bits per heavy atom. The normalized spacial score (nSPS) is 24.1. The van der Waals surface area contributed by atoms with Crippen molar-refractivity contribution in [2.45, 2.75) is 38.3 Å².